The number of piperazine rings is 1. The zero-order valence-electron chi connectivity index (χ0n) is 27.9. The Morgan fingerprint density at radius 2 is 1.88 bits per heavy atom. The van der Waals surface area contributed by atoms with Crippen LogP contribution in [-0.4, -0.2) is 94.9 Å². The van der Waals surface area contributed by atoms with Crippen LogP contribution in [0.5, 0.6) is 5.75 Å². The Morgan fingerprint density at radius 3 is 2.59 bits per heavy atom. The minimum Gasteiger partial charge on any atom is -0.504 e. The van der Waals surface area contributed by atoms with Crippen molar-refractivity contribution < 1.29 is 19.4 Å². The van der Waals surface area contributed by atoms with Crippen LogP contribution in [0.1, 0.15) is 104 Å². The highest BCUT2D eigenvalue weighted by Crippen LogP contribution is 2.75. The van der Waals surface area contributed by atoms with Crippen molar-refractivity contribution in [3.63, 3.8) is 0 Å². The summed E-state index contributed by atoms with van der Waals surface area (Å²) < 4.78 is 8.93. The molecule has 2 bridgehead atoms. The standard InChI is InChI=1S/C35H41N9O5/c1-18-13-24(30(46)39-35-14-34(15-35,16-35)21-3-4-21)43-26(18)27(32(48)44-33(43)38-29(40-44)20-7-11-49-12-8-20)41-9-10-42(23-6-5-22(23)41)31(47)25-28(45)19(2)36-17-37-25/h7,17-18,21-24,45H,3-6,8-16H2,1-2H3,(H,39,46)/t18-,22+,23+,24-,34?,35?/m1/s1. The highest BCUT2D eigenvalue weighted by Gasteiger charge is 2.72. The molecule has 5 aliphatic carbocycles. The normalized spacial score (nSPS) is 32.8. The molecule has 0 spiro atoms. The topological polar surface area (TPSA) is 160 Å². The van der Waals surface area contributed by atoms with E-state index in [0.717, 1.165) is 49.3 Å². The molecule has 6 heterocycles. The van der Waals surface area contributed by atoms with Gasteiger partial charge in [0.1, 0.15) is 18.1 Å². The average Bonchev–Trinajstić information content (AvgIpc) is 3.69. The fraction of sp³-hybridized carbons (Fsp3) is 0.629. The first-order valence-electron chi connectivity index (χ1n) is 17.9. The average molecular weight is 668 g/mol. The molecular weight excluding hydrogens is 626 g/mol. The number of ether oxygens (including phenoxy) is 1. The third kappa shape index (κ3) is 4.12. The summed E-state index contributed by atoms with van der Waals surface area (Å²) in [7, 11) is 0. The van der Waals surface area contributed by atoms with Crippen LogP contribution >= 0.6 is 0 Å². The largest absolute Gasteiger partial charge is 0.504 e. The summed E-state index contributed by atoms with van der Waals surface area (Å²) in [6, 6.07) is -0.759. The van der Waals surface area contributed by atoms with Crippen LogP contribution < -0.4 is 15.8 Å². The van der Waals surface area contributed by atoms with Crippen molar-refractivity contribution in [3.8, 4) is 5.75 Å². The lowest BCUT2D eigenvalue weighted by Crippen LogP contribution is -2.75. The molecule has 3 aromatic heterocycles. The number of aromatic nitrogens is 6. The molecule has 3 aromatic rings. The van der Waals surface area contributed by atoms with Crippen LogP contribution in [0.2, 0.25) is 0 Å². The molecule has 2 N–H and O–H groups in total. The molecule has 11 rings (SSSR count). The Bertz CT molecular complexity index is 2030. The molecule has 0 unspecified atom stereocenters. The molecule has 1 saturated heterocycles. The lowest BCUT2D eigenvalue weighted by atomic mass is 9.37. The van der Waals surface area contributed by atoms with Crippen LogP contribution in [-0.2, 0) is 9.53 Å². The number of nitrogens with zero attached hydrogens (tertiary/aromatic N) is 8. The number of rotatable bonds is 6. The molecule has 256 valence electrons. The van der Waals surface area contributed by atoms with Crippen molar-refractivity contribution >= 4 is 28.9 Å². The maximum Gasteiger partial charge on any atom is 0.299 e. The van der Waals surface area contributed by atoms with E-state index in [2.05, 4.69) is 27.1 Å². The lowest BCUT2D eigenvalue weighted by molar-refractivity contribution is -0.177. The second-order valence-electron chi connectivity index (χ2n) is 15.8. The molecule has 14 nitrogen and oxygen atoms in total. The van der Waals surface area contributed by atoms with Crippen molar-refractivity contribution in [2.45, 2.75) is 101 Å². The third-order valence-corrected chi connectivity index (χ3v) is 12.9. The summed E-state index contributed by atoms with van der Waals surface area (Å²) in [4.78, 5) is 59.5. The number of carbonyl (C=O) groups is 2. The van der Waals surface area contributed by atoms with Gasteiger partial charge in [-0.2, -0.15) is 9.50 Å². The fourth-order valence-corrected chi connectivity index (χ4v) is 10.2. The quantitative estimate of drug-likeness (QED) is 0.400. The Labute approximate surface area is 282 Å². The maximum absolute atomic E-state index is 14.6. The summed E-state index contributed by atoms with van der Waals surface area (Å²) in [5, 5.41) is 18.8. The minimum absolute atomic E-state index is 0.000727. The van der Waals surface area contributed by atoms with Gasteiger partial charge in [0, 0.05) is 30.6 Å². The summed E-state index contributed by atoms with van der Waals surface area (Å²) in [5.41, 5.74) is 2.78. The maximum atomic E-state index is 14.6. The van der Waals surface area contributed by atoms with Gasteiger partial charge < -0.3 is 25.0 Å². The molecule has 49 heavy (non-hydrogen) atoms. The highest BCUT2D eigenvalue weighted by atomic mass is 16.5. The molecule has 14 heteroatoms. The second-order valence-corrected chi connectivity index (χ2v) is 15.8. The molecule has 3 aliphatic heterocycles. The Kier molecular flexibility index (Phi) is 6.10. The summed E-state index contributed by atoms with van der Waals surface area (Å²) in [6.07, 6.45) is 12.0. The van der Waals surface area contributed by atoms with Crippen LogP contribution in [0.3, 0.4) is 0 Å². The molecule has 2 amide bonds. The van der Waals surface area contributed by atoms with Gasteiger partial charge in [-0.1, -0.05) is 13.0 Å². The van der Waals surface area contributed by atoms with E-state index in [1.807, 2.05) is 10.6 Å². The SMILES string of the molecule is Cc1ncnc(C(=O)N2CCN(c3c4n(c5nc(C6=CCOCC6)nn5c3=O)[C@@H](C(=O)NC35CC(C6CC6)(C3)C5)C[C@H]4C)[C@H]3CC[C@@H]32)c1O. The minimum atomic E-state index is -0.512. The first-order valence-corrected chi connectivity index (χ1v) is 17.9. The van der Waals surface area contributed by atoms with Gasteiger partial charge in [-0.05, 0) is 81.6 Å². The highest BCUT2D eigenvalue weighted by molar-refractivity contribution is 5.95. The Morgan fingerprint density at radius 1 is 1.08 bits per heavy atom. The van der Waals surface area contributed by atoms with Crippen LogP contribution in [0.4, 0.5) is 5.69 Å². The fourth-order valence-electron chi connectivity index (χ4n) is 10.2. The van der Waals surface area contributed by atoms with E-state index in [0.29, 0.717) is 67.5 Å². The number of aryl methyl sites for hydroxylation is 1. The van der Waals surface area contributed by atoms with Gasteiger partial charge in [0.05, 0.1) is 30.6 Å². The van der Waals surface area contributed by atoms with E-state index in [9.17, 15) is 19.5 Å². The smallest absolute Gasteiger partial charge is 0.299 e. The molecule has 0 aromatic carbocycles. The first-order chi connectivity index (χ1) is 23.7. The Balaban J connectivity index is 1.03. The number of amides is 2. The third-order valence-electron chi connectivity index (χ3n) is 12.9. The van der Waals surface area contributed by atoms with Gasteiger partial charge in [0.2, 0.25) is 11.7 Å². The number of hydrogen-bond donors (Lipinski definition) is 2. The summed E-state index contributed by atoms with van der Waals surface area (Å²) >= 11 is 0. The van der Waals surface area contributed by atoms with Crippen molar-refractivity contribution in [3.05, 3.63) is 45.7 Å². The zero-order valence-corrected chi connectivity index (χ0v) is 27.9. The van der Waals surface area contributed by atoms with Crippen molar-refractivity contribution in [1.29, 1.82) is 0 Å². The van der Waals surface area contributed by atoms with Gasteiger partial charge >= 0.3 is 0 Å². The number of nitrogens with one attached hydrogen (secondary N) is 1. The van der Waals surface area contributed by atoms with E-state index in [-0.39, 0.29) is 52.4 Å². The molecule has 8 aliphatic rings. The summed E-state index contributed by atoms with van der Waals surface area (Å²) in [6.45, 7) is 5.55. The van der Waals surface area contributed by atoms with Crippen LogP contribution in [0.15, 0.2) is 17.2 Å². The van der Waals surface area contributed by atoms with Crippen molar-refractivity contribution in [1.82, 2.24) is 39.3 Å². The molecule has 6 fully saturated rings. The van der Waals surface area contributed by atoms with E-state index >= 15 is 0 Å². The predicted molar refractivity (Wildman–Crippen MR) is 176 cm³/mol. The van der Waals surface area contributed by atoms with E-state index < -0.39 is 6.04 Å². The first kappa shape index (κ1) is 29.6. The number of anilines is 1. The molecule has 0 radical (unpaired) electrons. The zero-order chi connectivity index (χ0) is 33.4. The summed E-state index contributed by atoms with van der Waals surface area (Å²) in [5.74, 6) is 1.14. The molecule has 5 saturated carbocycles. The second kappa shape index (κ2) is 10.1. The van der Waals surface area contributed by atoms with Gasteiger partial charge in [-0.3, -0.25) is 19.0 Å². The van der Waals surface area contributed by atoms with Gasteiger partial charge in [-0.15, -0.1) is 5.10 Å². The van der Waals surface area contributed by atoms with Crippen molar-refractivity contribution in [2.24, 2.45) is 11.3 Å². The number of hydrogen-bond acceptors (Lipinski definition) is 10. The van der Waals surface area contributed by atoms with Crippen LogP contribution in [0.25, 0.3) is 11.4 Å². The van der Waals surface area contributed by atoms with Gasteiger partial charge in [0.25, 0.3) is 11.5 Å². The van der Waals surface area contributed by atoms with Crippen LogP contribution in [0, 0.1) is 18.3 Å². The number of carbonyl (C=O) groups excluding carboxylic acids is 2. The predicted octanol–water partition coefficient (Wildman–Crippen LogP) is 2.49. The van der Waals surface area contributed by atoms with E-state index in [4.69, 9.17) is 14.8 Å². The molecular formula is C35H41N9O5. The molecule has 4 atom stereocenters. The number of aromatic hydroxyl groups is 1. The van der Waals surface area contributed by atoms with E-state index in [1.165, 1.54) is 23.7 Å². The van der Waals surface area contributed by atoms with Gasteiger partial charge in [-0.25, -0.2) is 9.97 Å². The monoisotopic (exact) mass is 667 g/mol. The van der Waals surface area contributed by atoms with Crippen molar-refractivity contribution in [2.75, 3.05) is 31.2 Å². The lowest BCUT2D eigenvalue weighted by Gasteiger charge is -2.71. The number of fused-ring (bicyclic) bond motifs is 4. The van der Waals surface area contributed by atoms with Gasteiger partial charge in [0.15, 0.2) is 17.3 Å². The Hall–Kier alpha value is -4.33. The van der Waals surface area contributed by atoms with E-state index in [1.54, 1.807) is 11.8 Å².